The van der Waals surface area contributed by atoms with Crippen LogP contribution in [0.5, 0.6) is 5.75 Å². The number of hydrogen-bond acceptors (Lipinski definition) is 4. The molecule has 1 atom stereocenters. The summed E-state index contributed by atoms with van der Waals surface area (Å²) in [4.78, 5) is 29.6. The highest BCUT2D eigenvalue weighted by molar-refractivity contribution is 7.10. The Labute approximate surface area is 197 Å². The van der Waals surface area contributed by atoms with Crippen molar-refractivity contribution < 1.29 is 18.7 Å². The highest BCUT2D eigenvalue weighted by Gasteiger charge is 2.34. The zero-order chi connectivity index (χ0) is 23.2. The predicted molar refractivity (Wildman–Crippen MR) is 128 cm³/mol. The molecule has 1 saturated carbocycles. The minimum Gasteiger partial charge on any atom is -0.497 e. The summed E-state index contributed by atoms with van der Waals surface area (Å²) in [6.07, 6.45) is 4.09. The van der Waals surface area contributed by atoms with Crippen LogP contribution in [0.2, 0.25) is 0 Å². The molecule has 4 rings (SSSR count). The zero-order valence-electron chi connectivity index (χ0n) is 18.5. The quantitative estimate of drug-likeness (QED) is 0.492. The maximum Gasteiger partial charge on any atom is 0.248 e. The Balaban J connectivity index is 1.78. The van der Waals surface area contributed by atoms with E-state index in [4.69, 9.17) is 4.74 Å². The second kappa shape index (κ2) is 10.6. The van der Waals surface area contributed by atoms with Gasteiger partial charge in [-0.1, -0.05) is 37.1 Å². The Kier molecular flexibility index (Phi) is 7.40. The molecular weight excluding hydrogens is 439 g/mol. The normalized spacial score (nSPS) is 14.6. The van der Waals surface area contributed by atoms with E-state index in [0.29, 0.717) is 17.0 Å². The Bertz CT molecular complexity index is 1100. The van der Waals surface area contributed by atoms with Crippen LogP contribution in [-0.2, 0) is 16.0 Å². The summed E-state index contributed by atoms with van der Waals surface area (Å²) in [6.45, 7) is 0. The van der Waals surface area contributed by atoms with Crippen molar-refractivity contribution in [3.63, 3.8) is 0 Å². The van der Waals surface area contributed by atoms with E-state index in [2.05, 4.69) is 5.32 Å². The van der Waals surface area contributed by atoms with Gasteiger partial charge in [-0.25, -0.2) is 4.39 Å². The molecule has 1 aliphatic rings. The molecule has 3 aromatic rings. The fourth-order valence-corrected chi connectivity index (χ4v) is 4.99. The first kappa shape index (κ1) is 23.0. The second-order valence-electron chi connectivity index (χ2n) is 8.17. The number of anilines is 1. The Morgan fingerprint density at radius 1 is 1.12 bits per heavy atom. The average Bonchev–Trinajstić information content (AvgIpc) is 3.51. The van der Waals surface area contributed by atoms with Crippen molar-refractivity contribution in [1.82, 2.24) is 5.32 Å². The molecule has 7 heteroatoms. The second-order valence-corrected chi connectivity index (χ2v) is 9.20. The summed E-state index contributed by atoms with van der Waals surface area (Å²) >= 11 is 1.47. The number of halogens is 1. The lowest BCUT2D eigenvalue weighted by Gasteiger charge is -2.32. The van der Waals surface area contributed by atoms with Crippen LogP contribution in [-0.4, -0.2) is 25.0 Å². The van der Waals surface area contributed by atoms with Crippen LogP contribution in [0, 0.1) is 5.82 Å². The van der Waals surface area contributed by atoms with Crippen LogP contribution in [0.3, 0.4) is 0 Å². The molecule has 2 aromatic carbocycles. The SMILES string of the molecule is COc1cccc([C@@H](C(=O)NC2CCCC2)N(C(=O)Cc2cccs2)c2cccc(F)c2)c1. The smallest absolute Gasteiger partial charge is 0.248 e. The van der Waals surface area contributed by atoms with Crippen LogP contribution in [0.1, 0.15) is 42.2 Å². The molecule has 33 heavy (non-hydrogen) atoms. The summed E-state index contributed by atoms with van der Waals surface area (Å²) in [5.74, 6) is -0.450. The molecule has 5 nitrogen and oxygen atoms in total. The Hall–Kier alpha value is -3.19. The van der Waals surface area contributed by atoms with E-state index in [1.165, 1.54) is 28.4 Å². The van der Waals surface area contributed by atoms with Gasteiger partial charge in [-0.2, -0.15) is 0 Å². The van der Waals surface area contributed by atoms with E-state index in [9.17, 15) is 14.0 Å². The third-order valence-corrected chi connectivity index (χ3v) is 6.75. The molecule has 1 N–H and O–H groups in total. The molecule has 0 spiro atoms. The molecule has 1 heterocycles. The summed E-state index contributed by atoms with van der Waals surface area (Å²) in [5, 5.41) is 5.03. The number of amides is 2. The van der Waals surface area contributed by atoms with E-state index in [-0.39, 0.29) is 24.3 Å². The third kappa shape index (κ3) is 5.60. The Morgan fingerprint density at radius 2 is 1.91 bits per heavy atom. The number of methoxy groups -OCH3 is 1. The largest absolute Gasteiger partial charge is 0.497 e. The van der Waals surface area contributed by atoms with Crippen molar-refractivity contribution in [3.8, 4) is 5.75 Å². The number of benzene rings is 2. The molecule has 1 aliphatic carbocycles. The standard InChI is InChI=1S/C26H27FN2O3S/c1-32-22-12-4-7-18(15-22)25(26(31)28-20-9-2-3-10-20)29(21-11-5-8-19(27)16-21)24(30)17-23-13-6-14-33-23/h4-8,11-16,20,25H,2-3,9-10,17H2,1H3,(H,28,31)/t25-/m0/s1. The number of rotatable bonds is 8. The van der Waals surface area contributed by atoms with Gasteiger partial charge in [0.1, 0.15) is 17.6 Å². The van der Waals surface area contributed by atoms with Gasteiger partial charge in [0, 0.05) is 16.6 Å². The lowest BCUT2D eigenvalue weighted by molar-refractivity contribution is -0.127. The number of hydrogen-bond donors (Lipinski definition) is 1. The molecule has 1 fully saturated rings. The van der Waals surface area contributed by atoms with Crippen molar-refractivity contribution in [1.29, 1.82) is 0 Å². The van der Waals surface area contributed by atoms with Gasteiger partial charge in [-0.05, 0) is 60.2 Å². The van der Waals surface area contributed by atoms with Gasteiger partial charge in [0.05, 0.1) is 13.5 Å². The summed E-state index contributed by atoms with van der Waals surface area (Å²) in [6, 6.07) is 15.8. The van der Waals surface area contributed by atoms with Gasteiger partial charge in [0.15, 0.2) is 0 Å². The number of ether oxygens (including phenoxy) is 1. The van der Waals surface area contributed by atoms with Gasteiger partial charge in [-0.15, -0.1) is 11.3 Å². The number of nitrogens with one attached hydrogen (secondary N) is 1. The van der Waals surface area contributed by atoms with Crippen LogP contribution in [0.15, 0.2) is 66.0 Å². The maximum absolute atomic E-state index is 14.2. The Morgan fingerprint density at radius 3 is 2.61 bits per heavy atom. The summed E-state index contributed by atoms with van der Waals surface area (Å²) in [7, 11) is 1.55. The molecule has 0 radical (unpaired) electrons. The molecule has 172 valence electrons. The van der Waals surface area contributed by atoms with Crippen molar-refractivity contribution in [3.05, 3.63) is 82.3 Å². The molecule has 2 amide bonds. The minimum absolute atomic E-state index is 0.0763. The first-order valence-electron chi connectivity index (χ1n) is 11.1. The van der Waals surface area contributed by atoms with E-state index < -0.39 is 11.9 Å². The average molecular weight is 467 g/mol. The van der Waals surface area contributed by atoms with E-state index in [1.54, 1.807) is 43.5 Å². The minimum atomic E-state index is -0.963. The molecule has 0 unspecified atom stereocenters. The van der Waals surface area contributed by atoms with Crippen LogP contribution >= 0.6 is 11.3 Å². The number of thiophene rings is 1. The van der Waals surface area contributed by atoms with Gasteiger partial charge in [-0.3, -0.25) is 14.5 Å². The summed E-state index contributed by atoms with van der Waals surface area (Å²) < 4.78 is 19.6. The fraction of sp³-hybridized carbons (Fsp3) is 0.308. The summed E-state index contributed by atoms with van der Waals surface area (Å²) in [5.41, 5.74) is 0.944. The first-order valence-corrected chi connectivity index (χ1v) is 12.0. The molecule has 0 bridgehead atoms. The number of nitrogens with zero attached hydrogens (tertiary/aromatic N) is 1. The molecule has 0 saturated heterocycles. The van der Waals surface area contributed by atoms with Gasteiger partial charge >= 0.3 is 0 Å². The predicted octanol–water partition coefficient (Wildman–Crippen LogP) is 5.27. The van der Waals surface area contributed by atoms with E-state index in [1.807, 2.05) is 17.5 Å². The van der Waals surface area contributed by atoms with Gasteiger partial charge in [0.25, 0.3) is 0 Å². The fourth-order valence-electron chi connectivity index (χ4n) is 4.29. The van der Waals surface area contributed by atoms with Crippen molar-refractivity contribution in [2.45, 2.75) is 44.2 Å². The maximum atomic E-state index is 14.2. The van der Waals surface area contributed by atoms with Crippen LogP contribution in [0.4, 0.5) is 10.1 Å². The third-order valence-electron chi connectivity index (χ3n) is 5.88. The molecule has 1 aromatic heterocycles. The number of carbonyl (C=O) groups is 2. The number of carbonyl (C=O) groups excluding carboxylic acids is 2. The highest BCUT2D eigenvalue weighted by Crippen LogP contribution is 2.32. The van der Waals surface area contributed by atoms with Gasteiger partial charge < -0.3 is 10.1 Å². The lowest BCUT2D eigenvalue weighted by Crippen LogP contribution is -2.46. The molecular formula is C26H27FN2O3S. The first-order chi connectivity index (χ1) is 16.0. The van der Waals surface area contributed by atoms with E-state index in [0.717, 1.165) is 30.6 Å². The van der Waals surface area contributed by atoms with Crippen molar-refractivity contribution in [2.75, 3.05) is 12.0 Å². The van der Waals surface area contributed by atoms with Gasteiger partial charge in [0.2, 0.25) is 11.8 Å². The lowest BCUT2D eigenvalue weighted by atomic mass is 10.0. The highest BCUT2D eigenvalue weighted by atomic mass is 32.1. The van der Waals surface area contributed by atoms with Crippen molar-refractivity contribution in [2.24, 2.45) is 0 Å². The van der Waals surface area contributed by atoms with Crippen molar-refractivity contribution >= 4 is 28.8 Å². The van der Waals surface area contributed by atoms with E-state index >= 15 is 0 Å². The van der Waals surface area contributed by atoms with Crippen LogP contribution in [0.25, 0.3) is 0 Å². The topological polar surface area (TPSA) is 58.6 Å². The van der Waals surface area contributed by atoms with Crippen LogP contribution < -0.4 is 15.0 Å². The monoisotopic (exact) mass is 466 g/mol. The molecule has 0 aliphatic heterocycles. The zero-order valence-corrected chi connectivity index (χ0v) is 19.3.